The van der Waals surface area contributed by atoms with E-state index in [4.69, 9.17) is 0 Å². The molecule has 0 bridgehead atoms. The highest BCUT2D eigenvalue weighted by atomic mass is 32.2. The molecular formula is C13H15N3O3S. The van der Waals surface area contributed by atoms with Crippen LogP contribution in [0.3, 0.4) is 0 Å². The third-order valence-electron chi connectivity index (χ3n) is 2.68. The average molecular weight is 293 g/mol. The van der Waals surface area contributed by atoms with E-state index >= 15 is 0 Å². The minimum atomic E-state index is -3.12. The van der Waals surface area contributed by atoms with Gasteiger partial charge in [0, 0.05) is 24.6 Å². The van der Waals surface area contributed by atoms with Crippen molar-refractivity contribution >= 4 is 21.4 Å². The van der Waals surface area contributed by atoms with Gasteiger partial charge in [0.25, 0.3) is 0 Å². The molecule has 0 aliphatic carbocycles. The lowest BCUT2D eigenvalue weighted by molar-refractivity contribution is -0.115. The van der Waals surface area contributed by atoms with E-state index in [1.165, 1.54) is 0 Å². The largest absolute Gasteiger partial charge is 0.326 e. The molecule has 6 nitrogen and oxygen atoms in total. The van der Waals surface area contributed by atoms with Gasteiger partial charge in [-0.15, -0.1) is 0 Å². The minimum absolute atomic E-state index is 0.0405. The molecule has 0 saturated heterocycles. The van der Waals surface area contributed by atoms with Crippen LogP contribution >= 0.6 is 0 Å². The molecule has 0 fully saturated rings. The first-order chi connectivity index (χ1) is 9.44. The van der Waals surface area contributed by atoms with E-state index in [9.17, 15) is 13.2 Å². The van der Waals surface area contributed by atoms with Crippen LogP contribution in [0.5, 0.6) is 0 Å². The first kappa shape index (κ1) is 14.3. The maximum Gasteiger partial charge on any atom is 0.225 e. The monoisotopic (exact) mass is 293 g/mol. The Labute approximate surface area is 117 Å². The molecular weight excluding hydrogens is 278 g/mol. The fourth-order valence-electron chi connectivity index (χ4n) is 1.65. The highest BCUT2D eigenvalue weighted by Gasteiger charge is 2.08. The standard InChI is InChI=1S/C13H15N3O3S/c1-20(18,19)9-7-13(17)15-11-4-2-10(3-5-11)12-6-8-14-16-12/h2-6,8H,7,9H2,1H3,(H,14,16)(H,15,17). The summed E-state index contributed by atoms with van der Waals surface area (Å²) in [6.07, 6.45) is 2.73. The number of hydrogen-bond donors (Lipinski definition) is 2. The van der Waals surface area contributed by atoms with E-state index in [1.54, 1.807) is 18.3 Å². The van der Waals surface area contributed by atoms with Gasteiger partial charge in [-0.05, 0) is 23.8 Å². The Kier molecular flexibility index (Phi) is 4.19. The van der Waals surface area contributed by atoms with E-state index in [0.29, 0.717) is 5.69 Å². The van der Waals surface area contributed by atoms with Crippen molar-refractivity contribution in [3.63, 3.8) is 0 Å². The zero-order valence-corrected chi connectivity index (χ0v) is 11.8. The van der Waals surface area contributed by atoms with E-state index in [0.717, 1.165) is 17.5 Å². The Bertz CT molecular complexity index is 676. The number of carbonyl (C=O) groups is 1. The van der Waals surface area contributed by atoms with Gasteiger partial charge in [-0.3, -0.25) is 9.89 Å². The fourth-order valence-corrected chi connectivity index (χ4v) is 2.21. The van der Waals surface area contributed by atoms with Gasteiger partial charge in [-0.1, -0.05) is 12.1 Å². The van der Waals surface area contributed by atoms with Gasteiger partial charge in [0.2, 0.25) is 5.91 Å². The van der Waals surface area contributed by atoms with E-state index in [-0.39, 0.29) is 18.1 Å². The number of H-pyrrole nitrogens is 1. The molecule has 0 spiro atoms. The Morgan fingerprint density at radius 3 is 2.50 bits per heavy atom. The molecule has 0 atom stereocenters. The Balaban J connectivity index is 1.95. The van der Waals surface area contributed by atoms with Crippen LogP contribution in [-0.2, 0) is 14.6 Å². The third-order valence-corrected chi connectivity index (χ3v) is 3.63. The van der Waals surface area contributed by atoms with Crippen molar-refractivity contribution in [3.05, 3.63) is 36.5 Å². The number of rotatable bonds is 5. The van der Waals surface area contributed by atoms with Crippen molar-refractivity contribution in [1.29, 1.82) is 0 Å². The maximum absolute atomic E-state index is 11.6. The number of aromatic nitrogens is 2. The zero-order chi connectivity index (χ0) is 14.6. The average Bonchev–Trinajstić information content (AvgIpc) is 2.90. The molecule has 106 valence electrons. The lowest BCUT2D eigenvalue weighted by Gasteiger charge is -2.05. The smallest absolute Gasteiger partial charge is 0.225 e. The topological polar surface area (TPSA) is 91.9 Å². The number of carbonyl (C=O) groups excluding carboxylic acids is 1. The number of sulfone groups is 1. The number of anilines is 1. The summed E-state index contributed by atoms with van der Waals surface area (Å²) in [6, 6.07) is 9.06. The van der Waals surface area contributed by atoms with Crippen LogP contribution in [0.15, 0.2) is 36.5 Å². The van der Waals surface area contributed by atoms with Gasteiger partial charge in [0.1, 0.15) is 9.84 Å². The van der Waals surface area contributed by atoms with Gasteiger partial charge in [0.05, 0.1) is 11.4 Å². The van der Waals surface area contributed by atoms with Crippen LogP contribution in [0.25, 0.3) is 11.3 Å². The second-order valence-corrected chi connectivity index (χ2v) is 6.74. The Hall–Kier alpha value is -2.15. The molecule has 20 heavy (non-hydrogen) atoms. The predicted octanol–water partition coefficient (Wildman–Crippen LogP) is 1.45. The fraction of sp³-hybridized carbons (Fsp3) is 0.231. The van der Waals surface area contributed by atoms with E-state index in [1.807, 2.05) is 18.2 Å². The molecule has 1 amide bonds. The van der Waals surface area contributed by atoms with E-state index < -0.39 is 9.84 Å². The van der Waals surface area contributed by atoms with Crippen molar-refractivity contribution in [1.82, 2.24) is 10.2 Å². The summed E-state index contributed by atoms with van der Waals surface area (Å²) in [4.78, 5) is 11.6. The molecule has 2 rings (SSSR count). The summed E-state index contributed by atoms with van der Waals surface area (Å²) in [6.45, 7) is 0. The first-order valence-corrected chi connectivity index (χ1v) is 8.07. The molecule has 2 aromatic rings. The molecule has 0 saturated carbocycles. The second-order valence-electron chi connectivity index (χ2n) is 4.48. The maximum atomic E-state index is 11.6. The quantitative estimate of drug-likeness (QED) is 0.872. The number of aromatic amines is 1. The van der Waals surface area contributed by atoms with Crippen LogP contribution < -0.4 is 5.32 Å². The van der Waals surface area contributed by atoms with Crippen molar-refractivity contribution in [3.8, 4) is 11.3 Å². The van der Waals surface area contributed by atoms with E-state index in [2.05, 4.69) is 15.5 Å². The van der Waals surface area contributed by atoms with Crippen LogP contribution in [0, 0.1) is 0 Å². The number of nitrogens with zero attached hydrogens (tertiary/aromatic N) is 1. The summed E-state index contributed by atoms with van der Waals surface area (Å²) in [7, 11) is -3.12. The Morgan fingerprint density at radius 2 is 1.95 bits per heavy atom. The molecule has 2 N–H and O–H groups in total. The third kappa shape index (κ3) is 4.20. The molecule has 1 heterocycles. The van der Waals surface area contributed by atoms with Crippen LogP contribution in [0.4, 0.5) is 5.69 Å². The van der Waals surface area contributed by atoms with Gasteiger partial charge in [-0.25, -0.2) is 8.42 Å². The van der Waals surface area contributed by atoms with Crippen LogP contribution in [-0.4, -0.2) is 36.5 Å². The SMILES string of the molecule is CS(=O)(=O)CCC(=O)Nc1ccc(-c2ccn[nH]2)cc1. The molecule has 1 aromatic carbocycles. The van der Waals surface area contributed by atoms with Crippen molar-refractivity contribution in [2.45, 2.75) is 6.42 Å². The summed E-state index contributed by atoms with van der Waals surface area (Å²) in [5.74, 6) is -0.463. The summed E-state index contributed by atoms with van der Waals surface area (Å²) < 4.78 is 21.9. The highest BCUT2D eigenvalue weighted by molar-refractivity contribution is 7.90. The zero-order valence-electron chi connectivity index (χ0n) is 11.0. The molecule has 0 unspecified atom stereocenters. The number of amides is 1. The van der Waals surface area contributed by atoms with Crippen molar-refractivity contribution in [2.75, 3.05) is 17.3 Å². The highest BCUT2D eigenvalue weighted by Crippen LogP contribution is 2.18. The normalized spacial score (nSPS) is 11.2. The summed E-state index contributed by atoms with van der Waals surface area (Å²) in [5.41, 5.74) is 2.48. The first-order valence-electron chi connectivity index (χ1n) is 6.01. The number of nitrogens with one attached hydrogen (secondary N) is 2. The van der Waals surface area contributed by atoms with Gasteiger partial charge < -0.3 is 5.32 Å². The molecule has 7 heteroatoms. The van der Waals surface area contributed by atoms with Gasteiger partial charge >= 0.3 is 0 Å². The second kappa shape index (κ2) is 5.87. The predicted molar refractivity (Wildman–Crippen MR) is 77.0 cm³/mol. The summed E-state index contributed by atoms with van der Waals surface area (Å²) >= 11 is 0. The molecule has 0 aliphatic heterocycles. The minimum Gasteiger partial charge on any atom is -0.326 e. The number of benzene rings is 1. The molecule has 0 radical (unpaired) electrons. The van der Waals surface area contributed by atoms with Crippen molar-refractivity contribution in [2.24, 2.45) is 0 Å². The number of hydrogen-bond acceptors (Lipinski definition) is 4. The molecule has 0 aliphatic rings. The van der Waals surface area contributed by atoms with Crippen molar-refractivity contribution < 1.29 is 13.2 Å². The summed E-state index contributed by atoms with van der Waals surface area (Å²) in [5, 5.41) is 9.37. The Morgan fingerprint density at radius 1 is 1.25 bits per heavy atom. The van der Waals surface area contributed by atoms with Crippen LogP contribution in [0.1, 0.15) is 6.42 Å². The molecule has 1 aromatic heterocycles. The van der Waals surface area contributed by atoms with Gasteiger partial charge in [-0.2, -0.15) is 5.10 Å². The lowest BCUT2D eigenvalue weighted by atomic mass is 10.1. The lowest BCUT2D eigenvalue weighted by Crippen LogP contribution is -2.16. The van der Waals surface area contributed by atoms with Gasteiger partial charge in [0.15, 0.2) is 0 Å². The van der Waals surface area contributed by atoms with Crippen LogP contribution in [0.2, 0.25) is 0 Å².